The van der Waals surface area contributed by atoms with Gasteiger partial charge in [-0.2, -0.15) is 0 Å². The Hall–Kier alpha value is -2.27. The maximum atomic E-state index is 12.7. The van der Waals surface area contributed by atoms with Crippen LogP contribution in [-0.2, 0) is 10.0 Å². The summed E-state index contributed by atoms with van der Waals surface area (Å²) in [5.74, 6) is 0.338. The third-order valence-corrected chi connectivity index (χ3v) is 5.96. The fourth-order valence-electron chi connectivity index (χ4n) is 2.36. The first-order valence-corrected chi connectivity index (χ1v) is 12.1. The van der Waals surface area contributed by atoms with Crippen molar-refractivity contribution in [1.82, 2.24) is 10.0 Å². The molecule has 0 saturated heterocycles. The van der Waals surface area contributed by atoms with Crippen LogP contribution in [-0.4, -0.2) is 32.6 Å². The Kier molecular flexibility index (Phi) is 9.17. The van der Waals surface area contributed by atoms with Crippen LogP contribution in [0.5, 0.6) is 5.75 Å². The van der Waals surface area contributed by atoms with Crippen molar-refractivity contribution in [2.75, 3.05) is 18.5 Å². The molecule has 2 aromatic carbocycles. The number of benzene rings is 2. The van der Waals surface area contributed by atoms with Gasteiger partial charge in [-0.3, -0.25) is 10.1 Å². The first-order chi connectivity index (χ1) is 14.6. The van der Waals surface area contributed by atoms with Crippen molar-refractivity contribution < 1.29 is 17.9 Å². The average molecular weight is 526 g/mol. The standard InChI is InChI=1S/C21H24BrN3O4S2/c1-4-11-23-31(27,28)17-8-6-16(7-9-17)24-21(30)25-20(26)18-12-15(22)5-10-19(18)29-13-14(2)3/h4-10,12,14,23H,1,11,13H2,2-3H3,(H2,24,25,26,30). The van der Waals surface area contributed by atoms with Gasteiger partial charge in [0.25, 0.3) is 5.91 Å². The van der Waals surface area contributed by atoms with Gasteiger partial charge in [0.05, 0.1) is 17.1 Å². The van der Waals surface area contributed by atoms with Gasteiger partial charge in [0.15, 0.2) is 5.11 Å². The Morgan fingerprint density at radius 3 is 2.52 bits per heavy atom. The van der Waals surface area contributed by atoms with Gasteiger partial charge in [0.1, 0.15) is 5.75 Å². The van der Waals surface area contributed by atoms with E-state index in [0.29, 0.717) is 29.5 Å². The van der Waals surface area contributed by atoms with Crippen LogP contribution in [0, 0.1) is 5.92 Å². The van der Waals surface area contributed by atoms with Crippen LogP contribution in [0.15, 0.2) is 64.5 Å². The quantitative estimate of drug-likeness (QED) is 0.337. The molecule has 0 aliphatic rings. The second-order valence-electron chi connectivity index (χ2n) is 6.92. The van der Waals surface area contributed by atoms with Crippen molar-refractivity contribution in [3.05, 3.63) is 65.2 Å². The first kappa shape index (κ1) is 25.0. The van der Waals surface area contributed by atoms with Gasteiger partial charge in [0, 0.05) is 16.7 Å². The average Bonchev–Trinajstić information content (AvgIpc) is 2.71. The highest BCUT2D eigenvalue weighted by Crippen LogP contribution is 2.24. The van der Waals surface area contributed by atoms with Gasteiger partial charge in [0.2, 0.25) is 10.0 Å². The molecule has 0 bridgehead atoms. The van der Waals surface area contributed by atoms with Gasteiger partial charge >= 0.3 is 0 Å². The number of rotatable bonds is 9. The molecule has 2 aromatic rings. The van der Waals surface area contributed by atoms with E-state index in [4.69, 9.17) is 17.0 Å². The third-order valence-electron chi connectivity index (χ3n) is 3.83. The molecule has 0 heterocycles. The van der Waals surface area contributed by atoms with Crippen molar-refractivity contribution >= 4 is 54.9 Å². The molecule has 0 fully saturated rings. The lowest BCUT2D eigenvalue weighted by Gasteiger charge is -2.15. The molecule has 0 aliphatic heterocycles. The minimum absolute atomic E-state index is 0.0696. The number of halogens is 1. The number of thiocarbonyl (C=S) groups is 1. The minimum atomic E-state index is -3.61. The Morgan fingerprint density at radius 2 is 1.90 bits per heavy atom. The third kappa shape index (κ3) is 7.73. The van der Waals surface area contributed by atoms with E-state index in [0.717, 1.165) is 4.47 Å². The van der Waals surface area contributed by atoms with E-state index in [1.165, 1.54) is 18.2 Å². The second-order valence-corrected chi connectivity index (χ2v) is 10.0. The number of anilines is 1. The fraction of sp³-hybridized carbons (Fsp3) is 0.238. The van der Waals surface area contributed by atoms with Crippen molar-refractivity contribution in [2.24, 2.45) is 5.92 Å². The highest BCUT2D eigenvalue weighted by Gasteiger charge is 2.16. The van der Waals surface area contributed by atoms with Gasteiger partial charge in [-0.15, -0.1) is 6.58 Å². The summed E-state index contributed by atoms with van der Waals surface area (Å²) in [4.78, 5) is 12.8. The summed E-state index contributed by atoms with van der Waals surface area (Å²) in [5.41, 5.74) is 0.868. The molecule has 166 valence electrons. The highest BCUT2D eigenvalue weighted by molar-refractivity contribution is 9.10. The molecule has 7 nitrogen and oxygen atoms in total. The van der Waals surface area contributed by atoms with E-state index in [1.54, 1.807) is 30.3 Å². The summed E-state index contributed by atoms with van der Waals surface area (Å²) in [7, 11) is -3.61. The summed E-state index contributed by atoms with van der Waals surface area (Å²) in [6.45, 7) is 8.13. The molecule has 0 spiro atoms. The number of amides is 1. The smallest absolute Gasteiger partial charge is 0.261 e. The van der Waals surface area contributed by atoms with E-state index >= 15 is 0 Å². The van der Waals surface area contributed by atoms with Gasteiger partial charge in [-0.05, 0) is 60.6 Å². The second kappa shape index (κ2) is 11.4. The molecule has 2 rings (SSSR count). The lowest BCUT2D eigenvalue weighted by atomic mass is 10.2. The number of carbonyl (C=O) groups is 1. The summed E-state index contributed by atoms with van der Waals surface area (Å²) >= 11 is 8.58. The topological polar surface area (TPSA) is 96.5 Å². The molecule has 10 heteroatoms. The summed E-state index contributed by atoms with van der Waals surface area (Å²) in [5, 5.41) is 5.55. The van der Waals surface area contributed by atoms with Crippen molar-refractivity contribution in [3.63, 3.8) is 0 Å². The molecular formula is C21H24BrN3O4S2. The van der Waals surface area contributed by atoms with Crippen LogP contribution >= 0.6 is 28.1 Å². The number of ether oxygens (including phenoxy) is 1. The largest absolute Gasteiger partial charge is 0.492 e. The zero-order valence-corrected chi connectivity index (χ0v) is 20.4. The highest BCUT2D eigenvalue weighted by atomic mass is 79.9. The van der Waals surface area contributed by atoms with Crippen molar-refractivity contribution in [1.29, 1.82) is 0 Å². The summed E-state index contributed by atoms with van der Waals surface area (Å²) in [6, 6.07) is 11.1. The predicted octanol–water partition coefficient (Wildman–Crippen LogP) is 4.08. The molecule has 0 radical (unpaired) electrons. The maximum absolute atomic E-state index is 12.7. The summed E-state index contributed by atoms with van der Waals surface area (Å²) in [6.07, 6.45) is 1.46. The van der Waals surface area contributed by atoms with Crippen LogP contribution in [0.25, 0.3) is 0 Å². The zero-order chi connectivity index (χ0) is 23.0. The van der Waals surface area contributed by atoms with Crippen LogP contribution in [0.2, 0.25) is 0 Å². The Labute approximate surface area is 196 Å². The fourth-order valence-corrected chi connectivity index (χ4v) is 3.93. The Bertz CT molecular complexity index is 1050. The van der Waals surface area contributed by atoms with Gasteiger partial charge in [-0.1, -0.05) is 35.9 Å². The molecule has 0 saturated carbocycles. The molecule has 0 aromatic heterocycles. The van der Waals surface area contributed by atoms with Crippen LogP contribution in [0.1, 0.15) is 24.2 Å². The monoisotopic (exact) mass is 525 g/mol. The molecule has 3 N–H and O–H groups in total. The van der Waals surface area contributed by atoms with Crippen LogP contribution in [0.4, 0.5) is 5.69 Å². The Morgan fingerprint density at radius 1 is 1.23 bits per heavy atom. The van der Waals surface area contributed by atoms with Crippen LogP contribution in [0.3, 0.4) is 0 Å². The normalized spacial score (nSPS) is 11.1. The number of nitrogens with one attached hydrogen (secondary N) is 3. The van der Waals surface area contributed by atoms with Crippen molar-refractivity contribution in [2.45, 2.75) is 18.7 Å². The van der Waals surface area contributed by atoms with E-state index in [1.807, 2.05) is 13.8 Å². The van der Waals surface area contributed by atoms with E-state index in [-0.39, 0.29) is 16.6 Å². The maximum Gasteiger partial charge on any atom is 0.261 e. The number of sulfonamides is 1. The van der Waals surface area contributed by atoms with E-state index < -0.39 is 15.9 Å². The molecule has 0 unspecified atom stereocenters. The number of carbonyl (C=O) groups excluding carboxylic acids is 1. The van der Waals surface area contributed by atoms with E-state index in [9.17, 15) is 13.2 Å². The predicted molar refractivity (Wildman–Crippen MR) is 130 cm³/mol. The zero-order valence-electron chi connectivity index (χ0n) is 17.1. The van der Waals surface area contributed by atoms with E-state index in [2.05, 4.69) is 37.9 Å². The first-order valence-electron chi connectivity index (χ1n) is 9.37. The SMILES string of the molecule is C=CCNS(=O)(=O)c1ccc(NC(=S)NC(=O)c2cc(Br)ccc2OCC(C)C)cc1. The van der Waals surface area contributed by atoms with Gasteiger partial charge in [-0.25, -0.2) is 13.1 Å². The lowest BCUT2D eigenvalue weighted by Crippen LogP contribution is -2.34. The van der Waals surface area contributed by atoms with Crippen molar-refractivity contribution in [3.8, 4) is 5.75 Å². The Balaban J connectivity index is 2.05. The molecule has 31 heavy (non-hydrogen) atoms. The van der Waals surface area contributed by atoms with Crippen LogP contribution < -0.4 is 20.1 Å². The van der Waals surface area contributed by atoms with Gasteiger partial charge < -0.3 is 10.1 Å². The molecule has 0 aliphatic carbocycles. The molecule has 1 amide bonds. The number of hydrogen-bond donors (Lipinski definition) is 3. The lowest BCUT2D eigenvalue weighted by molar-refractivity contribution is 0.0973. The number of hydrogen-bond acceptors (Lipinski definition) is 5. The molecular weight excluding hydrogens is 502 g/mol. The minimum Gasteiger partial charge on any atom is -0.492 e. The molecule has 0 atom stereocenters. The summed E-state index contributed by atoms with van der Waals surface area (Å²) < 4.78 is 33.1.